The number of carbonyl (C=O) groups is 2. The van der Waals surface area contributed by atoms with E-state index in [-0.39, 0.29) is 12.5 Å². The number of benzene rings is 2. The van der Waals surface area contributed by atoms with Crippen molar-refractivity contribution in [2.75, 3.05) is 32.2 Å². The number of carbonyl (C=O) groups excluding carboxylic acids is 2. The highest BCUT2D eigenvalue weighted by Gasteiger charge is 2.08. The first-order valence-corrected chi connectivity index (χ1v) is 8.84. The van der Waals surface area contributed by atoms with E-state index in [1.807, 2.05) is 31.2 Å². The Morgan fingerprint density at radius 3 is 2.48 bits per heavy atom. The fourth-order valence-corrected chi connectivity index (χ4v) is 2.34. The summed E-state index contributed by atoms with van der Waals surface area (Å²) in [7, 11) is 1.54. The standard InChI is InChI=1S/C21H25NO5/c1-16-5-3-6-19(15-16)26-12-4-7-20(23)22-18-10-8-17(9-11-18)21(24)27-14-13-25-2/h3,5-6,8-11,15H,4,7,12-14H2,1-2H3,(H,22,23). The van der Waals surface area contributed by atoms with Crippen LogP contribution < -0.4 is 10.1 Å². The maximum atomic E-state index is 12.0. The van der Waals surface area contributed by atoms with Gasteiger partial charge in [0.05, 0.1) is 18.8 Å². The van der Waals surface area contributed by atoms with Crippen LogP contribution in [0.3, 0.4) is 0 Å². The predicted octanol–water partition coefficient (Wildman–Crippen LogP) is 3.60. The van der Waals surface area contributed by atoms with Crippen molar-refractivity contribution in [3.8, 4) is 5.75 Å². The average molecular weight is 371 g/mol. The minimum absolute atomic E-state index is 0.0988. The minimum atomic E-state index is -0.418. The number of anilines is 1. The molecule has 2 rings (SSSR count). The fraction of sp³-hybridized carbons (Fsp3) is 0.333. The first-order chi connectivity index (χ1) is 13.1. The number of amides is 1. The Hall–Kier alpha value is -2.86. The summed E-state index contributed by atoms with van der Waals surface area (Å²) in [5.41, 5.74) is 2.19. The molecular formula is C21H25NO5. The Kier molecular flexibility index (Phi) is 8.32. The molecule has 2 aromatic rings. The summed E-state index contributed by atoms with van der Waals surface area (Å²) in [4.78, 5) is 23.8. The molecule has 6 nitrogen and oxygen atoms in total. The minimum Gasteiger partial charge on any atom is -0.494 e. The number of methoxy groups -OCH3 is 1. The van der Waals surface area contributed by atoms with Crippen molar-refractivity contribution in [2.24, 2.45) is 0 Å². The van der Waals surface area contributed by atoms with Crippen molar-refractivity contribution in [1.29, 1.82) is 0 Å². The maximum Gasteiger partial charge on any atom is 0.338 e. The second-order valence-electron chi connectivity index (χ2n) is 6.02. The number of nitrogens with one attached hydrogen (secondary N) is 1. The lowest BCUT2D eigenvalue weighted by Crippen LogP contribution is -2.13. The average Bonchev–Trinajstić information content (AvgIpc) is 2.66. The maximum absolute atomic E-state index is 12.0. The Bertz CT molecular complexity index is 742. The summed E-state index contributed by atoms with van der Waals surface area (Å²) in [6, 6.07) is 14.4. The zero-order valence-electron chi connectivity index (χ0n) is 15.7. The normalized spacial score (nSPS) is 10.3. The van der Waals surface area contributed by atoms with E-state index in [2.05, 4.69) is 5.32 Å². The molecular weight excluding hydrogens is 346 g/mol. The first kappa shape index (κ1) is 20.5. The summed E-state index contributed by atoms with van der Waals surface area (Å²) >= 11 is 0. The largest absolute Gasteiger partial charge is 0.494 e. The molecule has 0 saturated heterocycles. The number of ether oxygens (including phenoxy) is 3. The molecule has 0 heterocycles. The van der Waals surface area contributed by atoms with Gasteiger partial charge in [-0.25, -0.2) is 4.79 Å². The number of rotatable bonds is 10. The number of hydrogen-bond donors (Lipinski definition) is 1. The van der Waals surface area contributed by atoms with Gasteiger partial charge < -0.3 is 19.5 Å². The zero-order chi connectivity index (χ0) is 19.5. The summed E-state index contributed by atoms with van der Waals surface area (Å²) in [6.07, 6.45) is 0.969. The highest BCUT2D eigenvalue weighted by molar-refractivity contribution is 5.93. The second kappa shape index (κ2) is 11.0. The molecule has 6 heteroatoms. The second-order valence-corrected chi connectivity index (χ2v) is 6.02. The van der Waals surface area contributed by atoms with Crippen LogP contribution in [-0.2, 0) is 14.3 Å². The van der Waals surface area contributed by atoms with Crippen LogP contribution in [0.25, 0.3) is 0 Å². The molecule has 0 aliphatic rings. The molecule has 0 bridgehead atoms. The molecule has 1 N–H and O–H groups in total. The first-order valence-electron chi connectivity index (χ1n) is 8.84. The Balaban J connectivity index is 1.70. The third kappa shape index (κ3) is 7.50. The van der Waals surface area contributed by atoms with Crippen LogP contribution in [0.2, 0.25) is 0 Å². The van der Waals surface area contributed by atoms with Crippen LogP contribution in [-0.4, -0.2) is 38.8 Å². The van der Waals surface area contributed by atoms with Gasteiger partial charge >= 0.3 is 5.97 Å². The summed E-state index contributed by atoms with van der Waals surface area (Å²) in [6.45, 7) is 3.04. The molecule has 0 radical (unpaired) electrons. The lowest BCUT2D eigenvalue weighted by atomic mass is 10.2. The third-order valence-electron chi connectivity index (χ3n) is 3.73. The van der Waals surface area contributed by atoms with E-state index >= 15 is 0 Å². The van der Waals surface area contributed by atoms with Crippen LogP contribution in [0.4, 0.5) is 5.69 Å². The molecule has 0 fully saturated rings. The van der Waals surface area contributed by atoms with E-state index in [1.54, 1.807) is 31.4 Å². The van der Waals surface area contributed by atoms with E-state index in [1.165, 1.54) is 0 Å². The van der Waals surface area contributed by atoms with Crippen LogP contribution in [0.5, 0.6) is 5.75 Å². The van der Waals surface area contributed by atoms with Crippen LogP contribution in [0.1, 0.15) is 28.8 Å². The van der Waals surface area contributed by atoms with E-state index in [4.69, 9.17) is 14.2 Å². The van der Waals surface area contributed by atoms with Crippen molar-refractivity contribution >= 4 is 17.6 Å². The van der Waals surface area contributed by atoms with Gasteiger partial charge in [-0.15, -0.1) is 0 Å². The number of hydrogen-bond acceptors (Lipinski definition) is 5. The lowest BCUT2D eigenvalue weighted by Gasteiger charge is -2.08. The van der Waals surface area contributed by atoms with E-state index < -0.39 is 5.97 Å². The SMILES string of the molecule is COCCOC(=O)c1ccc(NC(=O)CCCOc2cccc(C)c2)cc1. The number of aryl methyl sites for hydroxylation is 1. The molecule has 0 unspecified atom stereocenters. The molecule has 0 spiro atoms. The molecule has 144 valence electrons. The highest BCUT2D eigenvalue weighted by atomic mass is 16.6. The van der Waals surface area contributed by atoms with E-state index in [0.717, 1.165) is 11.3 Å². The highest BCUT2D eigenvalue weighted by Crippen LogP contribution is 2.14. The predicted molar refractivity (Wildman–Crippen MR) is 103 cm³/mol. The van der Waals surface area contributed by atoms with Gasteiger partial charge in [-0.1, -0.05) is 12.1 Å². The lowest BCUT2D eigenvalue weighted by molar-refractivity contribution is -0.116. The molecule has 0 aliphatic carbocycles. The molecule has 2 aromatic carbocycles. The molecule has 0 aliphatic heterocycles. The van der Waals surface area contributed by atoms with Gasteiger partial charge in [0.1, 0.15) is 12.4 Å². The molecule has 0 atom stereocenters. The Morgan fingerprint density at radius 2 is 1.78 bits per heavy atom. The third-order valence-corrected chi connectivity index (χ3v) is 3.73. The Labute approximate surface area is 159 Å². The fourth-order valence-electron chi connectivity index (χ4n) is 2.34. The van der Waals surface area contributed by atoms with Crippen molar-refractivity contribution in [3.63, 3.8) is 0 Å². The van der Waals surface area contributed by atoms with Gasteiger partial charge in [0, 0.05) is 19.2 Å². The van der Waals surface area contributed by atoms with Gasteiger partial charge in [0.2, 0.25) is 5.91 Å². The summed E-state index contributed by atoms with van der Waals surface area (Å²) in [5.74, 6) is 0.292. The monoisotopic (exact) mass is 371 g/mol. The smallest absolute Gasteiger partial charge is 0.338 e. The molecule has 0 aromatic heterocycles. The quantitative estimate of drug-likeness (QED) is 0.510. The van der Waals surface area contributed by atoms with Crippen molar-refractivity contribution in [3.05, 3.63) is 59.7 Å². The van der Waals surface area contributed by atoms with Gasteiger partial charge in [-0.05, 0) is 55.3 Å². The topological polar surface area (TPSA) is 73.9 Å². The van der Waals surface area contributed by atoms with Gasteiger partial charge in [-0.2, -0.15) is 0 Å². The number of esters is 1. The van der Waals surface area contributed by atoms with Gasteiger partial charge in [-0.3, -0.25) is 4.79 Å². The van der Waals surface area contributed by atoms with Crippen LogP contribution in [0, 0.1) is 6.92 Å². The Morgan fingerprint density at radius 1 is 1.00 bits per heavy atom. The van der Waals surface area contributed by atoms with Crippen LogP contribution in [0.15, 0.2) is 48.5 Å². The zero-order valence-corrected chi connectivity index (χ0v) is 15.7. The van der Waals surface area contributed by atoms with E-state index in [0.29, 0.717) is 37.3 Å². The summed E-state index contributed by atoms with van der Waals surface area (Å²) in [5, 5.41) is 2.80. The van der Waals surface area contributed by atoms with Crippen molar-refractivity contribution in [2.45, 2.75) is 19.8 Å². The van der Waals surface area contributed by atoms with Crippen molar-refractivity contribution < 1.29 is 23.8 Å². The molecule has 27 heavy (non-hydrogen) atoms. The molecule has 1 amide bonds. The van der Waals surface area contributed by atoms with Crippen molar-refractivity contribution in [1.82, 2.24) is 0 Å². The van der Waals surface area contributed by atoms with Crippen LogP contribution >= 0.6 is 0 Å². The van der Waals surface area contributed by atoms with E-state index in [9.17, 15) is 9.59 Å². The van der Waals surface area contributed by atoms with Gasteiger partial charge in [0.15, 0.2) is 0 Å². The summed E-state index contributed by atoms with van der Waals surface area (Å²) < 4.78 is 15.5. The van der Waals surface area contributed by atoms with Gasteiger partial charge in [0.25, 0.3) is 0 Å². The molecule has 0 saturated carbocycles.